The molecule has 9 atom stereocenters. The molecule has 4 aromatic rings. The number of hydrogen-bond donors (Lipinski definition) is 5. The van der Waals surface area contributed by atoms with Gasteiger partial charge in [0.1, 0.15) is 12.6 Å². The molecule has 3 aliphatic rings. The van der Waals surface area contributed by atoms with Gasteiger partial charge in [-0.05, 0) is 199 Å². The Kier molecular flexibility index (Phi) is 41.4. The first-order valence-corrected chi connectivity index (χ1v) is 47.3. The second-order valence-electron chi connectivity index (χ2n) is 42.7. The van der Waals surface area contributed by atoms with E-state index in [1.165, 1.54) is 44.8 Å². The maximum atomic E-state index is 11.8. The van der Waals surface area contributed by atoms with Crippen LogP contribution in [0.3, 0.4) is 0 Å². The largest absolute Gasteiger partial charge is 0.480 e. The first-order valence-electron chi connectivity index (χ1n) is 46.3. The Morgan fingerprint density at radius 3 is 1.05 bits per heavy atom. The highest BCUT2D eigenvalue weighted by molar-refractivity contribution is 8.00. The van der Waals surface area contributed by atoms with Gasteiger partial charge in [-0.25, -0.2) is 4.79 Å². The number of carboxylic acids is 2. The minimum absolute atomic E-state index is 0.0630. The summed E-state index contributed by atoms with van der Waals surface area (Å²) in [5.41, 5.74) is 25.8. The van der Waals surface area contributed by atoms with Gasteiger partial charge in [0.2, 0.25) is 0 Å². The van der Waals surface area contributed by atoms with Gasteiger partial charge in [-0.1, -0.05) is 319 Å². The van der Waals surface area contributed by atoms with Crippen molar-refractivity contribution in [2.75, 3.05) is 38.6 Å². The third kappa shape index (κ3) is 25.0. The molecule has 6 N–H and O–H groups in total. The van der Waals surface area contributed by atoms with E-state index in [2.05, 4.69) is 334 Å². The average Bonchev–Trinajstić information content (AvgIpc) is 1.55. The van der Waals surface area contributed by atoms with Gasteiger partial charge in [0, 0.05) is 82.7 Å². The molecule has 117 heavy (non-hydrogen) atoms. The molecule has 2 saturated carbocycles. The van der Waals surface area contributed by atoms with E-state index in [4.69, 9.17) is 10.5 Å². The number of rotatable bonds is 29. The van der Waals surface area contributed by atoms with Gasteiger partial charge >= 0.3 is 18.0 Å². The van der Waals surface area contributed by atoms with Crippen molar-refractivity contribution in [3.63, 3.8) is 0 Å². The maximum absolute atomic E-state index is 11.8. The maximum Gasteiger partial charge on any atom is 0.415 e. The number of carbonyl (C=O) groups is 3. The predicted octanol–water partition coefficient (Wildman–Crippen LogP) is 27.4. The third-order valence-electron chi connectivity index (χ3n) is 25.9. The second-order valence-corrected chi connectivity index (χ2v) is 44.0. The minimum Gasteiger partial charge on any atom is -0.480 e. The van der Waals surface area contributed by atoms with Crippen LogP contribution < -0.4 is 5.73 Å². The molecule has 1 aromatic carbocycles. The summed E-state index contributed by atoms with van der Waals surface area (Å²) in [7, 11) is 0. The highest BCUT2D eigenvalue weighted by Crippen LogP contribution is 2.68. The first-order chi connectivity index (χ1) is 53.8. The number of benzene rings is 1. The van der Waals surface area contributed by atoms with E-state index < -0.39 is 24.1 Å². The molecule has 0 spiro atoms. The zero-order chi connectivity index (χ0) is 90.5. The number of oxime groups is 1. The molecule has 0 amide bonds. The Hall–Kier alpha value is -4.83. The summed E-state index contributed by atoms with van der Waals surface area (Å²) in [6.07, 6.45) is -0.855. The second kappa shape index (κ2) is 45.5. The Balaban J connectivity index is 0.000000383. The van der Waals surface area contributed by atoms with Crippen LogP contribution in [-0.2, 0) is 37.6 Å². The predicted molar refractivity (Wildman–Crippen MR) is 502 cm³/mol. The molecule has 14 nitrogen and oxygen atoms in total. The highest BCUT2D eigenvalue weighted by atomic mass is 32.2. The summed E-state index contributed by atoms with van der Waals surface area (Å²) in [4.78, 5) is 37.4. The van der Waals surface area contributed by atoms with Crippen LogP contribution in [0, 0.1) is 102 Å². The SMILES string of the molecule is CC(C)C1C(=NO)C(C(C)C)C(C(C)C)C1C(C)C.CC(C)c1c(C(C)(C)C)c(C(C)C)n(CCN2CCOCC2)c1C(C)C.CC(C)c1c(C(C)C)c(C(C)C)n(C(=O)O)c1C(C)C.CC(C)c1c(C(C)C)c(C(C)C)n(CC(=O)O)c1C(C)C.Cc1ccc(C2(SCC(N)C(=O)O)C(C(C)C)C(C(C)C)C(C(C)C)C2C(C)C)cc1. The third-order valence-corrected chi connectivity index (χ3v) is 27.7. The van der Waals surface area contributed by atoms with Gasteiger partial charge in [-0.2, -0.15) is 0 Å². The van der Waals surface area contributed by atoms with E-state index in [-0.39, 0.29) is 28.5 Å². The lowest BCUT2D eigenvalue weighted by Crippen LogP contribution is -2.43. The molecule has 3 fully saturated rings. The number of nitrogens with zero attached hydrogens (tertiary/aromatic N) is 5. The quantitative estimate of drug-likeness (QED) is 0.0256. The van der Waals surface area contributed by atoms with E-state index >= 15 is 0 Å². The van der Waals surface area contributed by atoms with Crippen molar-refractivity contribution in [2.24, 2.45) is 106 Å². The molecule has 1 aliphatic heterocycles. The van der Waals surface area contributed by atoms with Crippen LogP contribution in [-0.4, -0.2) is 108 Å². The number of hydrogen-bond acceptors (Lipinski definition) is 9. The topological polar surface area (TPSA) is 198 Å². The van der Waals surface area contributed by atoms with Crippen LogP contribution in [0.15, 0.2) is 29.4 Å². The standard InChI is InChI=1S/C27H45NO2S.C23H42N2O.C18H31NO2.C17H29NO2.C17H33NO/c1-15(2)22-23(16(3)4)25(18(7)8)27(24(22)17(5)6,31-14-21(28)26(29)30)20-12-10-19(9)11-13-20;1-16(2)19-20(23(7,8)9)22(18(5)6)25(21(19)17(3)4)11-10-24-12-14-26-15-13-24;1-10(2)15-16(11(3)4)18(13(7)8)19(9-14(20)21)17(15)12(5)6;1-9(2)13-14(10(3)4)16(12(7)8)18(17(19)20)15(13)11(5)6;1-9(2)13-14(10(3)4)16(12(7)8)17(18-19)15(13)11(5)6/h10-13,15-18,21-25H,14,28H2,1-9H3,(H,29,30);16-18H,10-15H2,1-9H3;10-13H,9H2,1-8H3,(H,20,21);9-12H,1-8H3,(H,19,20);9-16,19H,1-8H3. The number of carboxylic acid groups (broad SMARTS) is 3. The zero-order valence-corrected chi connectivity index (χ0v) is 83.6. The van der Waals surface area contributed by atoms with E-state index in [0.717, 1.165) is 56.5 Å². The van der Waals surface area contributed by atoms with Crippen LogP contribution in [0.1, 0.15) is 428 Å². The lowest BCUT2D eigenvalue weighted by atomic mass is 9.70. The summed E-state index contributed by atoms with van der Waals surface area (Å²) >= 11 is 1.84. The van der Waals surface area contributed by atoms with Crippen LogP contribution in [0.25, 0.3) is 0 Å². The van der Waals surface area contributed by atoms with Crippen molar-refractivity contribution in [1.82, 2.24) is 18.6 Å². The molecule has 7 rings (SSSR count). The molecule has 672 valence electrons. The fraction of sp³-hybridized carbons (Fsp3) is 0.784. The number of aliphatic carboxylic acids is 2. The van der Waals surface area contributed by atoms with Crippen molar-refractivity contribution in [1.29, 1.82) is 0 Å². The molecule has 15 heteroatoms. The Bertz CT molecular complexity index is 3610. The zero-order valence-electron chi connectivity index (χ0n) is 82.8. The summed E-state index contributed by atoms with van der Waals surface area (Å²) in [6.45, 7) is 101. The van der Waals surface area contributed by atoms with Crippen LogP contribution in [0.5, 0.6) is 0 Å². The number of morpholine rings is 1. The Morgan fingerprint density at radius 1 is 0.453 bits per heavy atom. The van der Waals surface area contributed by atoms with Gasteiger partial charge < -0.3 is 40.1 Å². The van der Waals surface area contributed by atoms with Crippen LogP contribution >= 0.6 is 11.8 Å². The van der Waals surface area contributed by atoms with Crippen molar-refractivity contribution >= 4 is 35.5 Å². The van der Waals surface area contributed by atoms with Gasteiger partial charge in [-0.15, -0.1) is 11.8 Å². The molecular weight excluding hydrogens is 1470 g/mol. The smallest absolute Gasteiger partial charge is 0.415 e. The first kappa shape index (κ1) is 106. The highest BCUT2D eigenvalue weighted by Gasteiger charge is 2.63. The fourth-order valence-electron chi connectivity index (χ4n) is 22.4. The summed E-state index contributed by atoms with van der Waals surface area (Å²) in [5, 5.41) is 42.0. The average molecular weight is 1650 g/mol. The molecule has 3 aromatic heterocycles. The molecule has 2 aliphatic carbocycles. The lowest BCUT2D eigenvalue weighted by Gasteiger charge is -2.46. The number of ether oxygens (including phenoxy) is 1. The molecule has 0 radical (unpaired) electrons. The van der Waals surface area contributed by atoms with Crippen molar-refractivity contribution < 1.29 is 39.6 Å². The number of aryl methyl sites for hydroxylation is 1. The molecule has 1 saturated heterocycles. The van der Waals surface area contributed by atoms with Gasteiger partial charge in [0.05, 0.1) is 18.9 Å². The van der Waals surface area contributed by atoms with Crippen molar-refractivity contribution in [3.05, 3.63) is 103 Å². The van der Waals surface area contributed by atoms with Crippen LogP contribution in [0.2, 0.25) is 0 Å². The van der Waals surface area contributed by atoms with E-state index in [1.54, 1.807) is 27.1 Å². The molecule has 4 heterocycles. The normalized spacial score (nSPS) is 21.2. The Morgan fingerprint density at radius 2 is 0.786 bits per heavy atom. The Labute approximate surface area is 721 Å². The summed E-state index contributed by atoms with van der Waals surface area (Å²) in [6, 6.07) is 8.20. The van der Waals surface area contributed by atoms with E-state index in [9.17, 15) is 34.9 Å². The number of thioether (sulfide) groups is 1. The summed E-state index contributed by atoms with van der Waals surface area (Å²) < 4.78 is 11.7. The fourth-order valence-corrected chi connectivity index (χ4v) is 24.6. The molecular formula is C102H180N6O8S. The number of aromatic nitrogens is 3. The molecule has 0 bridgehead atoms. The lowest BCUT2D eigenvalue weighted by molar-refractivity contribution is -0.138. The van der Waals surface area contributed by atoms with Crippen LogP contribution in [0.4, 0.5) is 4.79 Å². The van der Waals surface area contributed by atoms with E-state index in [1.807, 2.05) is 11.8 Å². The van der Waals surface area contributed by atoms with Crippen molar-refractivity contribution in [3.8, 4) is 0 Å². The van der Waals surface area contributed by atoms with Gasteiger partial charge in [0.25, 0.3) is 0 Å². The van der Waals surface area contributed by atoms with E-state index in [0.29, 0.717) is 154 Å². The molecule has 9 unspecified atom stereocenters. The number of nitrogens with two attached hydrogens (primary N) is 1. The monoisotopic (exact) mass is 1650 g/mol. The van der Waals surface area contributed by atoms with Gasteiger partial charge in [-0.3, -0.25) is 19.1 Å². The summed E-state index contributed by atoms with van der Waals surface area (Å²) in [5.74, 6) is 11.7. The minimum atomic E-state index is -0.910. The van der Waals surface area contributed by atoms with Gasteiger partial charge in [0.15, 0.2) is 0 Å². The van der Waals surface area contributed by atoms with Crippen molar-refractivity contribution in [2.45, 2.75) is 385 Å².